The van der Waals surface area contributed by atoms with Gasteiger partial charge in [0.25, 0.3) is 0 Å². The number of aliphatic hydroxyl groups excluding tert-OH is 1. The second-order valence-corrected chi connectivity index (χ2v) is 6.36. The first-order valence-electron chi connectivity index (χ1n) is 7.01. The van der Waals surface area contributed by atoms with Crippen LogP contribution in [0.5, 0.6) is 0 Å². The summed E-state index contributed by atoms with van der Waals surface area (Å²) in [6.07, 6.45) is -3.63. The highest BCUT2D eigenvalue weighted by molar-refractivity contribution is 7.99. The van der Waals surface area contributed by atoms with Gasteiger partial charge in [-0.15, -0.1) is 0 Å². The van der Waals surface area contributed by atoms with Crippen LogP contribution in [-0.2, 0) is 6.18 Å². The molecule has 0 spiro atoms. The summed E-state index contributed by atoms with van der Waals surface area (Å²) >= 11 is 1.65. The highest BCUT2D eigenvalue weighted by Gasteiger charge is 2.30. The van der Waals surface area contributed by atoms with E-state index in [1.807, 2.05) is 13.8 Å². The maximum atomic E-state index is 12.8. The van der Waals surface area contributed by atoms with E-state index in [2.05, 4.69) is 5.32 Å². The van der Waals surface area contributed by atoms with Crippen molar-refractivity contribution in [2.75, 3.05) is 18.9 Å². The van der Waals surface area contributed by atoms with E-state index < -0.39 is 11.7 Å². The van der Waals surface area contributed by atoms with Gasteiger partial charge in [-0.25, -0.2) is 0 Å². The average Bonchev–Trinajstić information content (AvgIpc) is 2.43. The van der Waals surface area contributed by atoms with Crippen LogP contribution in [0.15, 0.2) is 24.3 Å². The largest absolute Gasteiger partial charge is 0.416 e. The highest BCUT2D eigenvalue weighted by Crippen LogP contribution is 2.31. The Labute approximate surface area is 128 Å². The monoisotopic (exact) mass is 321 g/mol. The lowest BCUT2D eigenvalue weighted by atomic mass is 10.0. The molecule has 0 aliphatic rings. The van der Waals surface area contributed by atoms with Crippen LogP contribution in [0.2, 0.25) is 0 Å². The molecule has 2 N–H and O–H groups in total. The molecule has 0 heterocycles. The van der Waals surface area contributed by atoms with E-state index in [0.717, 1.165) is 6.07 Å². The Morgan fingerprint density at radius 1 is 1.33 bits per heavy atom. The number of halogens is 3. The van der Waals surface area contributed by atoms with Crippen LogP contribution in [0.1, 0.15) is 37.4 Å². The average molecular weight is 321 g/mol. The van der Waals surface area contributed by atoms with E-state index in [-0.39, 0.29) is 17.9 Å². The zero-order valence-corrected chi connectivity index (χ0v) is 13.1. The number of aliphatic hydroxyl groups is 1. The molecular formula is C15H22F3NOS. The molecule has 0 radical (unpaired) electrons. The smallest absolute Gasteiger partial charge is 0.396 e. The van der Waals surface area contributed by atoms with Gasteiger partial charge >= 0.3 is 6.18 Å². The minimum Gasteiger partial charge on any atom is -0.396 e. The van der Waals surface area contributed by atoms with Gasteiger partial charge in [0, 0.05) is 23.7 Å². The Balaban J connectivity index is 2.80. The summed E-state index contributed by atoms with van der Waals surface area (Å²) in [7, 11) is 0. The molecule has 1 aromatic carbocycles. The molecule has 2 atom stereocenters. The van der Waals surface area contributed by atoms with Gasteiger partial charge in [0.2, 0.25) is 0 Å². The molecule has 1 aromatic rings. The van der Waals surface area contributed by atoms with Crippen LogP contribution < -0.4 is 5.32 Å². The molecule has 0 saturated carbocycles. The maximum absolute atomic E-state index is 12.8. The third kappa shape index (κ3) is 6.28. The third-order valence-corrected chi connectivity index (χ3v) is 4.48. The van der Waals surface area contributed by atoms with Crippen molar-refractivity contribution < 1.29 is 18.3 Å². The van der Waals surface area contributed by atoms with E-state index in [4.69, 9.17) is 5.11 Å². The van der Waals surface area contributed by atoms with Crippen LogP contribution in [0.3, 0.4) is 0 Å². The van der Waals surface area contributed by atoms with Crippen molar-refractivity contribution >= 4 is 11.8 Å². The molecule has 21 heavy (non-hydrogen) atoms. The summed E-state index contributed by atoms with van der Waals surface area (Å²) in [4.78, 5) is 0. The summed E-state index contributed by atoms with van der Waals surface area (Å²) in [6, 6.07) is 5.35. The molecule has 6 heteroatoms. The van der Waals surface area contributed by atoms with Crippen molar-refractivity contribution in [3.63, 3.8) is 0 Å². The molecule has 120 valence electrons. The van der Waals surface area contributed by atoms with Crippen molar-refractivity contribution in [2.45, 2.75) is 37.7 Å². The first kappa shape index (κ1) is 18.3. The second kappa shape index (κ2) is 8.66. The minimum absolute atomic E-state index is 0.122. The fraction of sp³-hybridized carbons (Fsp3) is 0.600. The zero-order chi connectivity index (χ0) is 15.9. The second-order valence-electron chi connectivity index (χ2n) is 4.89. The first-order chi connectivity index (χ1) is 9.88. The summed E-state index contributed by atoms with van der Waals surface area (Å²) in [5, 5.41) is 12.4. The molecule has 0 aliphatic carbocycles. The molecule has 0 aliphatic heterocycles. The first-order valence-corrected chi connectivity index (χ1v) is 8.06. The van der Waals surface area contributed by atoms with Crippen molar-refractivity contribution in [2.24, 2.45) is 0 Å². The lowest BCUT2D eigenvalue weighted by Gasteiger charge is -2.21. The van der Waals surface area contributed by atoms with Gasteiger partial charge in [-0.3, -0.25) is 0 Å². The van der Waals surface area contributed by atoms with E-state index >= 15 is 0 Å². The van der Waals surface area contributed by atoms with Gasteiger partial charge in [0.15, 0.2) is 0 Å². The Bertz CT molecular complexity index is 426. The molecular weight excluding hydrogens is 299 g/mol. The zero-order valence-electron chi connectivity index (χ0n) is 12.3. The maximum Gasteiger partial charge on any atom is 0.416 e. The number of nitrogens with one attached hydrogen (secondary N) is 1. The quantitative estimate of drug-likeness (QED) is 0.762. The predicted octanol–water partition coefficient (Wildman–Crippen LogP) is 3.86. The molecule has 0 aromatic heterocycles. The normalized spacial score (nSPS) is 15.0. The van der Waals surface area contributed by atoms with Gasteiger partial charge in [-0.2, -0.15) is 24.9 Å². The standard InChI is InChI=1S/C15H22F3NOS/c1-3-19-14(10-21-11(2)7-8-20)12-5-4-6-13(9-12)15(16,17)18/h4-6,9,11,14,19-20H,3,7-8,10H2,1-2H3. The van der Waals surface area contributed by atoms with Gasteiger partial charge in [0.05, 0.1) is 5.56 Å². The fourth-order valence-corrected chi connectivity index (χ4v) is 3.08. The summed E-state index contributed by atoms with van der Waals surface area (Å²) in [5.74, 6) is 0.677. The Morgan fingerprint density at radius 3 is 2.62 bits per heavy atom. The van der Waals surface area contributed by atoms with E-state index in [9.17, 15) is 13.2 Å². The number of hydrogen-bond acceptors (Lipinski definition) is 3. The van der Waals surface area contributed by atoms with Gasteiger partial charge in [-0.1, -0.05) is 26.0 Å². The number of benzene rings is 1. The van der Waals surface area contributed by atoms with Crippen LogP contribution in [0.4, 0.5) is 13.2 Å². The van der Waals surface area contributed by atoms with E-state index in [1.165, 1.54) is 12.1 Å². The van der Waals surface area contributed by atoms with Crippen molar-refractivity contribution in [3.05, 3.63) is 35.4 Å². The summed E-state index contributed by atoms with van der Waals surface area (Å²) < 4.78 is 38.3. The molecule has 0 fully saturated rings. The van der Waals surface area contributed by atoms with Crippen molar-refractivity contribution in [1.82, 2.24) is 5.32 Å². The molecule has 0 amide bonds. The fourth-order valence-electron chi connectivity index (χ4n) is 1.98. The van der Waals surface area contributed by atoms with Crippen LogP contribution in [0.25, 0.3) is 0 Å². The van der Waals surface area contributed by atoms with Crippen LogP contribution in [-0.4, -0.2) is 29.3 Å². The number of rotatable bonds is 8. The third-order valence-electron chi connectivity index (χ3n) is 3.15. The number of hydrogen-bond donors (Lipinski definition) is 2. The number of alkyl halides is 3. The number of thioether (sulfide) groups is 1. The van der Waals surface area contributed by atoms with E-state index in [1.54, 1.807) is 17.8 Å². The Kier molecular flexibility index (Phi) is 7.56. The Morgan fingerprint density at radius 2 is 2.05 bits per heavy atom. The minimum atomic E-state index is -4.32. The topological polar surface area (TPSA) is 32.3 Å². The van der Waals surface area contributed by atoms with Crippen LogP contribution in [0, 0.1) is 0 Å². The van der Waals surface area contributed by atoms with Gasteiger partial charge < -0.3 is 10.4 Å². The highest BCUT2D eigenvalue weighted by atomic mass is 32.2. The van der Waals surface area contributed by atoms with Crippen LogP contribution >= 0.6 is 11.8 Å². The lowest BCUT2D eigenvalue weighted by Crippen LogP contribution is -2.24. The van der Waals surface area contributed by atoms with E-state index in [0.29, 0.717) is 24.3 Å². The SMILES string of the molecule is CCNC(CSC(C)CCO)c1cccc(C(F)(F)F)c1. The Hall–Kier alpha value is -0.720. The van der Waals surface area contributed by atoms with Crippen molar-refractivity contribution in [1.29, 1.82) is 0 Å². The lowest BCUT2D eigenvalue weighted by molar-refractivity contribution is -0.137. The molecule has 2 unspecified atom stereocenters. The van der Waals surface area contributed by atoms with Gasteiger partial charge in [-0.05, 0) is 30.7 Å². The molecule has 2 nitrogen and oxygen atoms in total. The molecule has 0 bridgehead atoms. The summed E-state index contributed by atoms with van der Waals surface area (Å²) in [6.45, 7) is 4.76. The molecule has 1 rings (SSSR count). The molecule has 0 saturated heterocycles. The van der Waals surface area contributed by atoms with Crippen molar-refractivity contribution in [3.8, 4) is 0 Å². The summed E-state index contributed by atoms with van der Waals surface area (Å²) in [5.41, 5.74) is 0.0340. The predicted molar refractivity (Wildman–Crippen MR) is 81.5 cm³/mol. The van der Waals surface area contributed by atoms with Gasteiger partial charge in [0.1, 0.15) is 0 Å².